The topological polar surface area (TPSA) is 41.3 Å². The van der Waals surface area contributed by atoms with Crippen molar-refractivity contribution in [2.75, 3.05) is 13.1 Å². The minimum absolute atomic E-state index is 0.481. The van der Waals surface area contributed by atoms with Gasteiger partial charge in [0.15, 0.2) is 0 Å². The predicted molar refractivity (Wildman–Crippen MR) is 74.3 cm³/mol. The van der Waals surface area contributed by atoms with Crippen molar-refractivity contribution in [3.63, 3.8) is 0 Å². The van der Waals surface area contributed by atoms with Gasteiger partial charge in [0, 0.05) is 25.5 Å². The molecule has 0 aromatic rings. The number of nitrogens with one attached hydrogen (secondary N) is 1. The Morgan fingerprint density at radius 1 is 1.29 bits per heavy atom. The highest BCUT2D eigenvalue weighted by Crippen LogP contribution is 2.13. The Kier molecular flexibility index (Phi) is 7.56. The molecule has 0 saturated carbocycles. The molecular weight excluding hydrogens is 210 g/mol. The van der Waals surface area contributed by atoms with Crippen LogP contribution < -0.4 is 11.1 Å². The molecule has 17 heavy (non-hydrogen) atoms. The van der Waals surface area contributed by atoms with Crippen molar-refractivity contribution in [3.8, 4) is 0 Å². The van der Waals surface area contributed by atoms with E-state index in [2.05, 4.69) is 35.5 Å². The predicted octanol–water partition coefficient (Wildman–Crippen LogP) is 2.56. The molecule has 1 unspecified atom stereocenters. The quantitative estimate of drug-likeness (QED) is 0.478. The molecule has 1 aliphatic heterocycles. The second-order valence-electron chi connectivity index (χ2n) is 4.59. The van der Waals surface area contributed by atoms with Crippen molar-refractivity contribution in [1.82, 2.24) is 10.2 Å². The first-order valence-electron chi connectivity index (χ1n) is 6.88. The summed E-state index contributed by atoms with van der Waals surface area (Å²) in [6.07, 6.45) is 16.8. The van der Waals surface area contributed by atoms with Crippen LogP contribution in [0.25, 0.3) is 0 Å². The Labute approximate surface area is 106 Å². The van der Waals surface area contributed by atoms with Crippen LogP contribution in [-0.4, -0.2) is 24.2 Å². The third kappa shape index (κ3) is 5.78. The number of nitrogens with two attached hydrogens (primary N) is 1. The van der Waals surface area contributed by atoms with E-state index in [1.807, 2.05) is 6.20 Å². The van der Waals surface area contributed by atoms with Crippen molar-refractivity contribution in [2.45, 2.75) is 51.6 Å². The van der Waals surface area contributed by atoms with Gasteiger partial charge in [-0.25, -0.2) is 0 Å². The average Bonchev–Trinajstić information content (AvgIpc) is 2.76. The maximum atomic E-state index is 5.58. The molecule has 0 amide bonds. The van der Waals surface area contributed by atoms with Gasteiger partial charge in [-0.3, -0.25) is 0 Å². The van der Waals surface area contributed by atoms with Crippen molar-refractivity contribution in [2.24, 2.45) is 5.73 Å². The summed E-state index contributed by atoms with van der Waals surface area (Å²) in [5.74, 6) is 0. The molecule has 1 aliphatic rings. The molecule has 0 aromatic heterocycles. The second kappa shape index (κ2) is 9.11. The van der Waals surface area contributed by atoms with E-state index in [-0.39, 0.29) is 0 Å². The van der Waals surface area contributed by atoms with Gasteiger partial charge in [-0.05, 0) is 32.6 Å². The van der Waals surface area contributed by atoms with E-state index in [4.69, 9.17) is 5.73 Å². The fourth-order valence-electron chi connectivity index (χ4n) is 2.20. The molecule has 0 radical (unpaired) electrons. The monoisotopic (exact) mass is 237 g/mol. The zero-order valence-electron chi connectivity index (χ0n) is 11.1. The number of allylic oxidation sites excluding steroid dienone is 2. The van der Waals surface area contributed by atoms with Gasteiger partial charge in [0.05, 0.1) is 6.17 Å². The van der Waals surface area contributed by atoms with E-state index in [1.54, 1.807) is 0 Å². The SMILES string of the molecule is C/C=C/CCCCCCC1NC=CN1CCN. The number of nitrogens with zero attached hydrogens (tertiary/aromatic N) is 1. The van der Waals surface area contributed by atoms with E-state index < -0.39 is 0 Å². The highest BCUT2D eigenvalue weighted by Gasteiger charge is 2.16. The third-order valence-electron chi connectivity index (χ3n) is 3.18. The fraction of sp³-hybridized carbons (Fsp3) is 0.714. The Morgan fingerprint density at radius 2 is 2.12 bits per heavy atom. The lowest BCUT2D eigenvalue weighted by Gasteiger charge is -2.24. The standard InChI is InChI=1S/C14H27N3/c1-2-3-4-5-6-7-8-9-14-16-11-13-17(14)12-10-15/h2-3,11,13-14,16H,4-10,12,15H2,1H3/b3-2+. The highest BCUT2D eigenvalue weighted by molar-refractivity contribution is 4.94. The molecule has 3 N–H and O–H groups in total. The van der Waals surface area contributed by atoms with Gasteiger partial charge in [-0.15, -0.1) is 0 Å². The number of rotatable bonds is 9. The molecular formula is C14H27N3. The van der Waals surface area contributed by atoms with Crippen molar-refractivity contribution >= 4 is 0 Å². The first-order chi connectivity index (χ1) is 8.38. The summed E-state index contributed by atoms with van der Waals surface area (Å²) >= 11 is 0. The maximum absolute atomic E-state index is 5.58. The summed E-state index contributed by atoms with van der Waals surface area (Å²) in [7, 11) is 0. The number of unbranched alkanes of at least 4 members (excludes halogenated alkanes) is 4. The fourth-order valence-corrected chi connectivity index (χ4v) is 2.20. The van der Waals surface area contributed by atoms with Crippen molar-refractivity contribution < 1.29 is 0 Å². The van der Waals surface area contributed by atoms with Crippen LogP contribution in [-0.2, 0) is 0 Å². The first kappa shape index (κ1) is 14.1. The lowest BCUT2D eigenvalue weighted by atomic mass is 10.1. The lowest BCUT2D eigenvalue weighted by Crippen LogP contribution is -2.37. The zero-order chi connectivity index (χ0) is 12.3. The van der Waals surface area contributed by atoms with E-state index in [0.29, 0.717) is 6.17 Å². The van der Waals surface area contributed by atoms with Gasteiger partial charge < -0.3 is 16.0 Å². The average molecular weight is 237 g/mol. The maximum Gasteiger partial charge on any atom is 0.0981 e. The summed E-state index contributed by atoms with van der Waals surface area (Å²) in [5.41, 5.74) is 5.58. The molecule has 0 aliphatic carbocycles. The van der Waals surface area contributed by atoms with Crippen molar-refractivity contribution in [1.29, 1.82) is 0 Å². The molecule has 3 heteroatoms. The smallest absolute Gasteiger partial charge is 0.0981 e. The van der Waals surface area contributed by atoms with Gasteiger partial charge in [0.25, 0.3) is 0 Å². The van der Waals surface area contributed by atoms with Crippen LogP contribution in [0.4, 0.5) is 0 Å². The van der Waals surface area contributed by atoms with Crippen LogP contribution in [0, 0.1) is 0 Å². The molecule has 98 valence electrons. The van der Waals surface area contributed by atoms with Crippen LogP contribution in [0.5, 0.6) is 0 Å². The first-order valence-corrected chi connectivity index (χ1v) is 6.88. The lowest BCUT2D eigenvalue weighted by molar-refractivity contribution is 0.264. The molecule has 1 atom stereocenters. The Balaban J connectivity index is 1.99. The normalized spacial score (nSPS) is 19.2. The Morgan fingerprint density at radius 3 is 2.88 bits per heavy atom. The summed E-state index contributed by atoms with van der Waals surface area (Å²) in [6.45, 7) is 3.77. The molecule has 1 heterocycles. The highest BCUT2D eigenvalue weighted by atomic mass is 15.3. The van der Waals surface area contributed by atoms with E-state index in [1.165, 1.54) is 38.5 Å². The Bertz CT molecular complexity index is 236. The molecule has 0 fully saturated rings. The summed E-state index contributed by atoms with van der Waals surface area (Å²) in [4.78, 5) is 2.31. The van der Waals surface area contributed by atoms with Crippen LogP contribution in [0.1, 0.15) is 45.4 Å². The minimum Gasteiger partial charge on any atom is -0.370 e. The molecule has 3 nitrogen and oxygen atoms in total. The van der Waals surface area contributed by atoms with Gasteiger partial charge in [0.2, 0.25) is 0 Å². The van der Waals surface area contributed by atoms with Gasteiger partial charge in [0.1, 0.15) is 0 Å². The minimum atomic E-state index is 0.481. The van der Waals surface area contributed by atoms with E-state index >= 15 is 0 Å². The van der Waals surface area contributed by atoms with Crippen LogP contribution >= 0.6 is 0 Å². The third-order valence-corrected chi connectivity index (χ3v) is 3.18. The summed E-state index contributed by atoms with van der Waals surface area (Å²) in [5, 5.41) is 3.38. The Hall–Kier alpha value is -0.960. The van der Waals surface area contributed by atoms with Gasteiger partial charge in [-0.2, -0.15) is 0 Å². The second-order valence-corrected chi connectivity index (χ2v) is 4.59. The van der Waals surface area contributed by atoms with Crippen LogP contribution in [0.2, 0.25) is 0 Å². The van der Waals surface area contributed by atoms with E-state index in [9.17, 15) is 0 Å². The number of hydrogen-bond acceptors (Lipinski definition) is 3. The largest absolute Gasteiger partial charge is 0.370 e. The molecule has 1 rings (SSSR count). The van der Waals surface area contributed by atoms with Crippen LogP contribution in [0.3, 0.4) is 0 Å². The van der Waals surface area contributed by atoms with E-state index in [0.717, 1.165) is 13.1 Å². The van der Waals surface area contributed by atoms with Gasteiger partial charge in [-0.1, -0.05) is 25.0 Å². The summed E-state index contributed by atoms with van der Waals surface area (Å²) < 4.78 is 0. The number of hydrogen-bond donors (Lipinski definition) is 2. The molecule has 0 aromatic carbocycles. The molecule has 0 bridgehead atoms. The van der Waals surface area contributed by atoms with Crippen LogP contribution in [0.15, 0.2) is 24.6 Å². The molecule has 0 spiro atoms. The molecule has 0 saturated heterocycles. The van der Waals surface area contributed by atoms with Gasteiger partial charge >= 0.3 is 0 Å². The summed E-state index contributed by atoms with van der Waals surface area (Å²) in [6, 6.07) is 0. The van der Waals surface area contributed by atoms with Crippen molar-refractivity contribution in [3.05, 3.63) is 24.6 Å². The zero-order valence-corrected chi connectivity index (χ0v) is 11.1.